The molecule has 0 saturated carbocycles. The smallest absolute Gasteiger partial charge is 0.244 e. The Balaban J connectivity index is 1.68. The molecule has 0 bridgehead atoms. The van der Waals surface area contributed by atoms with Gasteiger partial charge in [-0.1, -0.05) is 40.4 Å². The molecule has 0 atom stereocenters. The maximum absolute atomic E-state index is 11.7. The lowest BCUT2D eigenvalue weighted by Gasteiger charge is -2.29. The van der Waals surface area contributed by atoms with Crippen LogP contribution in [0.25, 0.3) is 11.0 Å². The van der Waals surface area contributed by atoms with E-state index < -0.39 is 11.2 Å². The average Bonchev–Trinajstić information content (AvgIpc) is 2.68. The number of anilines is 1. The Kier molecular flexibility index (Phi) is 5.93. The third kappa shape index (κ3) is 4.06. The van der Waals surface area contributed by atoms with Gasteiger partial charge in [0, 0.05) is 15.6 Å². The Bertz CT molecular complexity index is 997. The van der Waals surface area contributed by atoms with Crippen LogP contribution in [0.2, 0.25) is 15.3 Å². The largest absolute Gasteiger partial charge is 0.616 e. The lowest BCUT2D eigenvalue weighted by molar-refractivity contribution is 0.297. The van der Waals surface area contributed by atoms with Gasteiger partial charge < -0.3 is 14.2 Å². The topological polar surface area (TPSA) is 87.1 Å². The number of aromatic nitrogens is 4. The third-order valence-corrected chi connectivity index (χ3v) is 6.45. The van der Waals surface area contributed by atoms with E-state index in [1.807, 2.05) is 4.90 Å². The van der Waals surface area contributed by atoms with Gasteiger partial charge in [0.25, 0.3) is 0 Å². The zero-order valence-electron chi connectivity index (χ0n) is 14.4. The van der Waals surface area contributed by atoms with Gasteiger partial charge in [-0.15, -0.1) is 0 Å². The fraction of sp³-hybridized carbons (Fsp3) is 0.294. The number of nitrogens with zero attached hydrogens (tertiary/aromatic N) is 5. The minimum atomic E-state index is -0.807. The summed E-state index contributed by atoms with van der Waals surface area (Å²) in [6.45, 7) is 1.32. The molecule has 3 aromatic rings. The molecular formula is C17H14Cl3N5O2S. The van der Waals surface area contributed by atoms with Gasteiger partial charge in [-0.05, 0) is 23.7 Å². The number of hydrogen-bond donors (Lipinski definition) is 0. The first-order valence-electron chi connectivity index (χ1n) is 8.37. The van der Waals surface area contributed by atoms with E-state index in [4.69, 9.17) is 39.5 Å². The molecule has 1 aliphatic heterocycles. The summed E-state index contributed by atoms with van der Waals surface area (Å²) in [5.41, 5.74) is 1.57. The van der Waals surface area contributed by atoms with Crippen LogP contribution in [-0.2, 0) is 17.8 Å². The van der Waals surface area contributed by atoms with Crippen molar-refractivity contribution in [2.75, 3.05) is 29.5 Å². The summed E-state index contributed by atoms with van der Waals surface area (Å²) < 4.78 is 17.5. The van der Waals surface area contributed by atoms with Crippen LogP contribution in [-0.4, -0.2) is 49.1 Å². The van der Waals surface area contributed by atoms with Crippen molar-refractivity contribution in [3.63, 3.8) is 0 Å². The van der Waals surface area contributed by atoms with Crippen molar-refractivity contribution in [2.24, 2.45) is 0 Å². The predicted molar refractivity (Wildman–Crippen MR) is 111 cm³/mol. The van der Waals surface area contributed by atoms with E-state index in [9.17, 15) is 4.55 Å². The first kappa shape index (κ1) is 19.7. The normalized spacial score (nSPS) is 15.2. The minimum Gasteiger partial charge on any atom is -0.616 e. The van der Waals surface area contributed by atoms with E-state index in [0.717, 1.165) is 0 Å². The molecule has 0 spiro atoms. The summed E-state index contributed by atoms with van der Waals surface area (Å²) in [6.07, 6.45) is 1.38. The minimum absolute atomic E-state index is 0.0598. The summed E-state index contributed by atoms with van der Waals surface area (Å²) in [5.74, 6) is 1.98. The van der Waals surface area contributed by atoms with Crippen molar-refractivity contribution >= 4 is 62.8 Å². The van der Waals surface area contributed by atoms with Gasteiger partial charge in [-0.25, -0.2) is 9.97 Å². The second-order valence-electron chi connectivity index (χ2n) is 6.02. The highest BCUT2D eigenvalue weighted by Gasteiger charge is 2.24. The molecule has 28 heavy (non-hydrogen) atoms. The maximum atomic E-state index is 11.7. The van der Waals surface area contributed by atoms with E-state index in [1.54, 1.807) is 18.2 Å². The lowest BCUT2D eigenvalue weighted by atomic mass is 10.2. The second-order valence-corrected chi connectivity index (χ2v) is 8.86. The summed E-state index contributed by atoms with van der Waals surface area (Å²) >= 11 is 17.7. The van der Waals surface area contributed by atoms with Crippen molar-refractivity contribution in [3.8, 4) is 5.88 Å². The number of benzene rings is 1. The van der Waals surface area contributed by atoms with E-state index in [2.05, 4.69) is 19.9 Å². The Morgan fingerprint density at radius 3 is 2.46 bits per heavy atom. The molecule has 0 N–H and O–H groups in total. The molecular weight excluding hydrogens is 445 g/mol. The highest BCUT2D eigenvalue weighted by molar-refractivity contribution is 7.91. The molecule has 11 heteroatoms. The lowest BCUT2D eigenvalue weighted by Crippen LogP contribution is -2.41. The molecule has 0 aliphatic carbocycles. The van der Waals surface area contributed by atoms with Gasteiger partial charge in [-0.2, -0.15) is 9.97 Å². The van der Waals surface area contributed by atoms with Crippen LogP contribution in [0, 0.1) is 0 Å². The molecule has 0 unspecified atom stereocenters. The summed E-state index contributed by atoms with van der Waals surface area (Å²) in [7, 11) is 0. The Morgan fingerprint density at radius 1 is 1.04 bits per heavy atom. The standard InChI is InChI=1S/C17H14Cl3N5O2S/c18-11-2-1-3-12(19)10(11)8-27-16-14-13(21-9-22-16)15(24-17(20)23-14)25-4-6-28(26)7-5-25/h1-3,9H,4-8H2. The second kappa shape index (κ2) is 8.42. The fourth-order valence-corrected chi connectivity index (χ4v) is 4.59. The third-order valence-electron chi connectivity index (χ3n) is 4.29. The number of ether oxygens (including phenoxy) is 1. The van der Waals surface area contributed by atoms with E-state index in [-0.39, 0.29) is 17.8 Å². The molecule has 146 valence electrons. The van der Waals surface area contributed by atoms with Gasteiger partial charge in [0.05, 0.1) is 13.1 Å². The van der Waals surface area contributed by atoms with E-state index in [0.29, 0.717) is 57.1 Å². The quantitative estimate of drug-likeness (QED) is 0.436. The molecule has 1 aromatic carbocycles. The predicted octanol–water partition coefficient (Wildman–Crippen LogP) is 3.53. The Hall–Kier alpha value is -1.58. The van der Waals surface area contributed by atoms with Crippen LogP contribution >= 0.6 is 34.8 Å². The SMILES string of the molecule is [O-][S+]1CCN(c2nc(Cl)nc3c(OCc4c(Cl)cccc4Cl)ncnc23)CC1. The van der Waals surface area contributed by atoms with E-state index >= 15 is 0 Å². The zero-order valence-corrected chi connectivity index (χ0v) is 17.5. The zero-order chi connectivity index (χ0) is 19.7. The Labute approximate surface area is 179 Å². The van der Waals surface area contributed by atoms with Gasteiger partial charge in [0.2, 0.25) is 11.2 Å². The molecule has 0 radical (unpaired) electrons. The first-order valence-corrected chi connectivity index (χ1v) is 11.0. The van der Waals surface area contributed by atoms with Crippen LogP contribution < -0.4 is 9.64 Å². The van der Waals surface area contributed by atoms with Gasteiger partial charge in [0.1, 0.15) is 30.0 Å². The number of rotatable bonds is 4. The van der Waals surface area contributed by atoms with Crippen molar-refractivity contribution < 1.29 is 9.29 Å². The summed E-state index contributed by atoms with van der Waals surface area (Å²) in [4.78, 5) is 19.1. The van der Waals surface area contributed by atoms with Crippen molar-refractivity contribution in [1.29, 1.82) is 0 Å². The number of fused-ring (bicyclic) bond motifs is 1. The van der Waals surface area contributed by atoms with Crippen molar-refractivity contribution in [1.82, 2.24) is 19.9 Å². The molecule has 4 rings (SSSR count). The molecule has 2 aromatic heterocycles. The van der Waals surface area contributed by atoms with Crippen LogP contribution in [0.4, 0.5) is 5.82 Å². The number of hydrogen-bond acceptors (Lipinski definition) is 7. The fourth-order valence-electron chi connectivity index (χ4n) is 2.87. The van der Waals surface area contributed by atoms with Gasteiger partial charge in [0.15, 0.2) is 11.3 Å². The highest BCUT2D eigenvalue weighted by Crippen LogP contribution is 2.31. The average molecular weight is 459 g/mol. The highest BCUT2D eigenvalue weighted by atomic mass is 35.5. The first-order chi connectivity index (χ1) is 13.5. The molecule has 3 heterocycles. The van der Waals surface area contributed by atoms with Crippen LogP contribution in [0.1, 0.15) is 5.56 Å². The van der Waals surface area contributed by atoms with Gasteiger partial charge in [-0.3, -0.25) is 0 Å². The summed E-state index contributed by atoms with van der Waals surface area (Å²) in [6, 6.07) is 5.24. The van der Waals surface area contributed by atoms with Crippen LogP contribution in [0.3, 0.4) is 0 Å². The molecule has 1 fully saturated rings. The molecule has 0 amide bonds. The van der Waals surface area contributed by atoms with E-state index in [1.165, 1.54) is 6.33 Å². The van der Waals surface area contributed by atoms with Crippen LogP contribution in [0.5, 0.6) is 5.88 Å². The summed E-state index contributed by atoms with van der Waals surface area (Å²) in [5, 5.41) is 1.06. The Morgan fingerprint density at radius 2 is 1.75 bits per heavy atom. The van der Waals surface area contributed by atoms with Gasteiger partial charge >= 0.3 is 0 Å². The van der Waals surface area contributed by atoms with Crippen molar-refractivity contribution in [3.05, 3.63) is 45.4 Å². The van der Waals surface area contributed by atoms with Crippen molar-refractivity contribution in [2.45, 2.75) is 6.61 Å². The maximum Gasteiger partial charge on any atom is 0.244 e. The molecule has 7 nitrogen and oxygen atoms in total. The monoisotopic (exact) mass is 457 g/mol. The van der Waals surface area contributed by atoms with Crippen LogP contribution in [0.15, 0.2) is 24.5 Å². The molecule has 1 aliphatic rings. The molecule has 1 saturated heterocycles. The number of halogens is 3.